The smallest absolute Gasteiger partial charge is 0.201 e. The number of fused-ring (bicyclic) bond motifs is 3. The minimum atomic E-state index is -1.04. The van der Waals surface area contributed by atoms with Gasteiger partial charge in [-0.05, 0) is 24.3 Å². The van der Waals surface area contributed by atoms with Crippen molar-refractivity contribution < 1.29 is 24.9 Å². The van der Waals surface area contributed by atoms with E-state index in [0.29, 0.717) is 16.7 Å². The highest BCUT2D eigenvalue weighted by Crippen LogP contribution is 2.60. The van der Waals surface area contributed by atoms with Crippen LogP contribution in [0.2, 0.25) is 0 Å². The van der Waals surface area contributed by atoms with Crippen molar-refractivity contribution in [2.24, 2.45) is 11.3 Å². The molecule has 0 spiro atoms. The molecule has 0 radical (unpaired) electrons. The van der Waals surface area contributed by atoms with E-state index in [4.69, 9.17) is 4.74 Å². The number of hydrogen-bond acceptors (Lipinski definition) is 5. The Morgan fingerprint density at radius 3 is 2.64 bits per heavy atom. The van der Waals surface area contributed by atoms with Crippen molar-refractivity contribution >= 4 is 6.29 Å². The zero-order valence-corrected chi connectivity index (χ0v) is 15.4. The minimum Gasteiger partial charge on any atom is -0.504 e. The van der Waals surface area contributed by atoms with Gasteiger partial charge in [0.15, 0.2) is 17.8 Å². The van der Waals surface area contributed by atoms with Crippen molar-refractivity contribution in [2.45, 2.75) is 64.6 Å². The number of phenolic OH excluding ortho intramolecular Hbond substituents is 1. The Morgan fingerprint density at radius 2 is 2.04 bits per heavy atom. The van der Waals surface area contributed by atoms with E-state index in [0.717, 1.165) is 25.5 Å². The number of carbonyl (C=O) groups excluding carboxylic acids is 1. The van der Waals surface area contributed by atoms with Crippen molar-refractivity contribution in [1.29, 1.82) is 0 Å². The summed E-state index contributed by atoms with van der Waals surface area (Å²) < 4.78 is 5.78. The number of aromatic hydroxyl groups is 1. The maximum atomic E-state index is 11.9. The molecule has 1 heterocycles. The average molecular weight is 348 g/mol. The molecule has 3 N–H and O–H groups in total. The molecule has 2 aliphatic rings. The van der Waals surface area contributed by atoms with E-state index in [2.05, 4.69) is 20.8 Å². The van der Waals surface area contributed by atoms with Crippen molar-refractivity contribution in [3.63, 3.8) is 0 Å². The minimum absolute atomic E-state index is 0.0794. The summed E-state index contributed by atoms with van der Waals surface area (Å²) in [5, 5.41) is 31.0. The van der Waals surface area contributed by atoms with Gasteiger partial charge in [-0.1, -0.05) is 34.1 Å². The van der Waals surface area contributed by atoms with Crippen molar-refractivity contribution in [3.05, 3.63) is 22.8 Å². The Hall–Kier alpha value is -1.59. The molecule has 1 aliphatic heterocycles. The number of benzene rings is 1. The summed E-state index contributed by atoms with van der Waals surface area (Å²) in [4.78, 5) is 11.9. The van der Waals surface area contributed by atoms with Gasteiger partial charge < -0.3 is 20.1 Å². The largest absolute Gasteiger partial charge is 0.504 e. The maximum Gasteiger partial charge on any atom is 0.201 e. The predicted molar refractivity (Wildman–Crippen MR) is 94.1 cm³/mol. The van der Waals surface area contributed by atoms with E-state index in [9.17, 15) is 20.1 Å². The Labute approximate surface area is 148 Å². The quantitative estimate of drug-likeness (QED) is 0.731. The molecule has 5 nitrogen and oxygen atoms in total. The third kappa shape index (κ3) is 2.56. The average Bonchev–Trinajstić information content (AvgIpc) is 2.54. The van der Waals surface area contributed by atoms with Crippen LogP contribution in [0.4, 0.5) is 0 Å². The van der Waals surface area contributed by atoms with Crippen LogP contribution < -0.4 is 4.74 Å². The molecule has 0 aromatic heterocycles. The number of hydrogen-bond donors (Lipinski definition) is 3. The highest BCUT2D eigenvalue weighted by Gasteiger charge is 2.56. The third-order valence-corrected chi connectivity index (χ3v) is 6.39. The molecule has 5 heteroatoms. The van der Waals surface area contributed by atoms with Gasteiger partial charge in [0, 0.05) is 40.5 Å². The number of aliphatic hydroxyl groups excluding tert-OH is 2. The molecule has 0 bridgehead atoms. The van der Waals surface area contributed by atoms with E-state index in [-0.39, 0.29) is 35.4 Å². The van der Waals surface area contributed by atoms with Gasteiger partial charge in [0.1, 0.15) is 0 Å². The lowest BCUT2D eigenvalue weighted by Crippen LogP contribution is -2.55. The highest BCUT2D eigenvalue weighted by atomic mass is 16.6. The summed E-state index contributed by atoms with van der Waals surface area (Å²) in [5.74, 6) is -0.383. The predicted octanol–water partition coefficient (Wildman–Crippen LogP) is 3.10. The SMILES string of the molecule is CC(CO)c1cc(C=O)c2c(c1O)OC(O)C1C(C)(C)CCCC21C. The first-order valence-electron chi connectivity index (χ1n) is 8.98. The van der Waals surface area contributed by atoms with Crippen LogP contribution in [0.3, 0.4) is 0 Å². The summed E-state index contributed by atoms with van der Waals surface area (Å²) in [6, 6.07) is 1.66. The summed E-state index contributed by atoms with van der Waals surface area (Å²) in [7, 11) is 0. The van der Waals surface area contributed by atoms with Gasteiger partial charge in [-0.25, -0.2) is 0 Å². The molecule has 3 rings (SSSR count). The second-order valence-corrected chi connectivity index (χ2v) is 8.55. The number of aldehydes is 1. The van der Waals surface area contributed by atoms with Crippen LogP contribution in [0.25, 0.3) is 0 Å². The highest BCUT2D eigenvalue weighted by molar-refractivity contribution is 5.82. The van der Waals surface area contributed by atoms with Gasteiger partial charge in [-0.15, -0.1) is 0 Å². The lowest BCUT2D eigenvalue weighted by Gasteiger charge is -2.55. The Balaban J connectivity index is 2.28. The number of phenols is 1. The van der Waals surface area contributed by atoms with Crippen LogP contribution in [-0.4, -0.2) is 34.5 Å². The normalized spacial score (nSPS) is 31.4. The second-order valence-electron chi connectivity index (χ2n) is 8.55. The summed E-state index contributed by atoms with van der Waals surface area (Å²) in [5.41, 5.74) is 1.03. The van der Waals surface area contributed by atoms with Gasteiger partial charge in [-0.2, -0.15) is 0 Å². The standard InChI is InChI=1S/C20H28O5/c1-11(9-21)13-8-12(10-22)14-16(15(13)23)25-18(24)17-19(2,3)6-5-7-20(14,17)4/h8,10-11,17-18,21,23-24H,5-7,9H2,1-4H3. The molecule has 4 atom stereocenters. The van der Waals surface area contributed by atoms with E-state index in [1.165, 1.54) is 0 Å². The second kappa shape index (κ2) is 5.99. The first-order valence-corrected chi connectivity index (χ1v) is 8.98. The van der Waals surface area contributed by atoms with Crippen LogP contribution in [0.15, 0.2) is 6.07 Å². The molecule has 1 fully saturated rings. The van der Waals surface area contributed by atoms with Crippen LogP contribution in [0, 0.1) is 11.3 Å². The zero-order chi connectivity index (χ0) is 18.6. The van der Waals surface area contributed by atoms with E-state index in [1.807, 2.05) is 0 Å². The first kappa shape index (κ1) is 18.2. The topological polar surface area (TPSA) is 87.0 Å². The Morgan fingerprint density at radius 1 is 1.36 bits per heavy atom. The fourth-order valence-electron chi connectivity index (χ4n) is 5.21. The van der Waals surface area contributed by atoms with Crippen LogP contribution in [0.5, 0.6) is 11.5 Å². The summed E-state index contributed by atoms with van der Waals surface area (Å²) in [6.45, 7) is 7.92. The number of aliphatic hydroxyl groups is 2. The van der Waals surface area contributed by atoms with Crippen molar-refractivity contribution in [1.82, 2.24) is 0 Å². The molecular weight excluding hydrogens is 320 g/mol. The molecule has 4 unspecified atom stereocenters. The van der Waals surface area contributed by atoms with Crippen molar-refractivity contribution in [2.75, 3.05) is 6.61 Å². The van der Waals surface area contributed by atoms with Crippen LogP contribution in [-0.2, 0) is 5.41 Å². The van der Waals surface area contributed by atoms with Crippen LogP contribution >= 0.6 is 0 Å². The lowest BCUT2D eigenvalue weighted by molar-refractivity contribution is -0.156. The number of rotatable bonds is 3. The third-order valence-electron chi connectivity index (χ3n) is 6.39. The molecule has 1 aromatic carbocycles. The molecule has 0 amide bonds. The van der Waals surface area contributed by atoms with E-state index >= 15 is 0 Å². The number of ether oxygens (including phenoxy) is 1. The first-order chi connectivity index (χ1) is 11.7. The van der Waals surface area contributed by atoms with E-state index in [1.54, 1.807) is 13.0 Å². The maximum absolute atomic E-state index is 11.9. The molecule has 1 aromatic rings. The zero-order valence-electron chi connectivity index (χ0n) is 15.4. The monoisotopic (exact) mass is 348 g/mol. The Kier molecular flexibility index (Phi) is 4.36. The fourth-order valence-corrected chi connectivity index (χ4v) is 5.21. The molecule has 25 heavy (non-hydrogen) atoms. The molecule has 1 saturated carbocycles. The van der Waals surface area contributed by atoms with Gasteiger partial charge >= 0.3 is 0 Å². The van der Waals surface area contributed by atoms with Gasteiger partial charge in [0.25, 0.3) is 0 Å². The van der Waals surface area contributed by atoms with Gasteiger partial charge in [-0.3, -0.25) is 4.79 Å². The van der Waals surface area contributed by atoms with E-state index < -0.39 is 11.7 Å². The Bertz CT molecular complexity index is 696. The number of carbonyl (C=O) groups is 1. The van der Waals surface area contributed by atoms with Gasteiger partial charge in [0.05, 0.1) is 0 Å². The summed E-state index contributed by atoms with van der Waals surface area (Å²) in [6.07, 6.45) is 2.53. The molecule has 0 saturated heterocycles. The van der Waals surface area contributed by atoms with Crippen molar-refractivity contribution in [3.8, 4) is 11.5 Å². The lowest BCUT2D eigenvalue weighted by atomic mass is 9.52. The van der Waals surface area contributed by atoms with Gasteiger partial charge in [0.2, 0.25) is 6.29 Å². The molecule has 1 aliphatic carbocycles. The fraction of sp³-hybridized carbons (Fsp3) is 0.650. The van der Waals surface area contributed by atoms with Crippen LogP contribution in [0.1, 0.15) is 74.4 Å². The molecule has 138 valence electrons. The summed E-state index contributed by atoms with van der Waals surface area (Å²) >= 11 is 0. The molecular formula is C20H28O5.